The smallest absolute Gasteiger partial charge is 0.331 e. The molecule has 1 amide bonds. The van der Waals surface area contributed by atoms with Crippen LogP contribution in [0.3, 0.4) is 0 Å². The average molecular weight is 492 g/mol. The summed E-state index contributed by atoms with van der Waals surface area (Å²) < 4.78 is 5.41. The van der Waals surface area contributed by atoms with Crippen molar-refractivity contribution in [2.75, 3.05) is 7.11 Å². The molecule has 0 heterocycles. The van der Waals surface area contributed by atoms with Crippen LogP contribution in [0.5, 0.6) is 5.75 Å². The van der Waals surface area contributed by atoms with Gasteiger partial charge in [-0.05, 0) is 117 Å². The first-order valence-electron chi connectivity index (χ1n) is 13.6. The number of methoxy groups -OCH3 is 1. The lowest BCUT2D eigenvalue weighted by Crippen LogP contribution is -2.52. The molecule has 0 aliphatic heterocycles. The Labute approximate surface area is 215 Å². The molecule has 0 saturated heterocycles. The number of benzene rings is 1. The van der Waals surface area contributed by atoms with Crippen LogP contribution in [0, 0.1) is 34.5 Å². The fourth-order valence-corrected chi connectivity index (χ4v) is 8.40. The number of carboxylic acids is 1. The molecule has 0 bridgehead atoms. The fourth-order valence-electron chi connectivity index (χ4n) is 8.40. The number of nitrogens with one attached hydrogen (secondary N) is 1. The first kappa shape index (κ1) is 25.1. The van der Waals surface area contributed by atoms with E-state index < -0.39 is 11.5 Å². The standard InChI is InChI=1S/C31H41NO4/c1-29(2,20-7-6-8-22(18-20)36-5)32-27(33)26-12-11-24-23-10-9-21-17-19(28(34)35)13-15-30(21,3)25(23)14-16-31(24,26)4/h6-9,17-18,23-26H,10-16H2,1-5H3,(H,32,33)(H,34,35)/t23-,24-,25-,26+,30-,31-/m0/s1. The molecular formula is C31H41NO4. The molecule has 2 saturated carbocycles. The summed E-state index contributed by atoms with van der Waals surface area (Å²) in [6, 6.07) is 7.96. The molecule has 5 nitrogen and oxygen atoms in total. The third-order valence-corrected chi connectivity index (χ3v) is 10.6. The molecule has 6 atom stereocenters. The van der Waals surface area contributed by atoms with Gasteiger partial charge in [-0.2, -0.15) is 0 Å². The average Bonchev–Trinajstić information content (AvgIpc) is 3.20. The van der Waals surface area contributed by atoms with Gasteiger partial charge in [0.15, 0.2) is 0 Å². The number of carbonyl (C=O) groups excluding carboxylic acids is 1. The lowest BCUT2D eigenvalue weighted by atomic mass is 9.48. The van der Waals surface area contributed by atoms with Crippen LogP contribution in [0.1, 0.15) is 78.2 Å². The van der Waals surface area contributed by atoms with Crippen LogP contribution in [0.25, 0.3) is 0 Å². The summed E-state index contributed by atoms with van der Waals surface area (Å²) >= 11 is 0. The summed E-state index contributed by atoms with van der Waals surface area (Å²) in [6.07, 6.45) is 11.1. The molecule has 1 aromatic rings. The zero-order valence-electron chi connectivity index (χ0n) is 22.4. The van der Waals surface area contributed by atoms with Crippen molar-refractivity contribution in [1.29, 1.82) is 0 Å². The van der Waals surface area contributed by atoms with Gasteiger partial charge >= 0.3 is 5.97 Å². The summed E-state index contributed by atoms with van der Waals surface area (Å²) in [7, 11) is 1.67. The molecule has 2 N–H and O–H groups in total. The number of hydrogen-bond acceptors (Lipinski definition) is 3. The van der Waals surface area contributed by atoms with Crippen molar-refractivity contribution in [2.24, 2.45) is 34.5 Å². The summed E-state index contributed by atoms with van der Waals surface area (Å²) in [4.78, 5) is 25.4. The normalized spacial score (nSPS) is 35.5. The van der Waals surface area contributed by atoms with E-state index in [1.807, 2.05) is 30.3 Å². The number of rotatable bonds is 5. The first-order chi connectivity index (χ1) is 17.0. The van der Waals surface area contributed by atoms with E-state index in [0.29, 0.717) is 29.7 Å². The van der Waals surface area contributed by atoms with Crippen molar-refractivity contribution in [1.82, 2.24) is 5.32 Å². The van der Waals surface area contributed by atoms with Gasteiger partial charge < -0.3 is 15.2 Å². The van der Waals surface area contributed by atoms with Crippen LogP contribution < -0.4 is 10.1 Å². The Morgan fingerprint density at radius 3 is 2.61 bits per heavy atom. The minimum Gasteiger partial charge on any atom is -0.497 e. The maximum absolute atomic E-state index is 13.8. The van der Waals surface area contributed by atoms with Gasteiger partial charge in [0.05, 0.1) is 12.6 Å². The molecule has 1 aromatic carbocycles. The third kappa shape index (κ3) is 3.90. The molecule has 4 aliphatic rings. The predicted molar refractivity (Wildman–Crippen MR) is 140 cm³/mol. The monoisotopic (exact) mass is 491 g/mol. The summed E-state index contributed by atoms with van der Waals surface area (Å²) in [5, 5.41) is 12.9. The Morgan fingerprint density at radius 2 is 1.89 bits per heavy atom. The molecule has 4 aliphatic carbocycles. The number of allylic oxidation sites excluding steroid dienone is 3. The Balaban J connectivity index is 1.36. The van der Waals surface area contributed by atoms with Crippen LogP contribution in [-0.2, 0) is 15.1 Å². The largest absolute Gasteiger partial charge is 0.497 e. The molecule has 5 rings (SSSR count). The van der Waals surface area contributed by atoms with Gasteiger partial charge in [0, 0.05) is 11.5 Å². The highest BCUT2D eigenvalue weighted by molar-refractivity contribution is 5.87. The lowest BCUT2D eigenvalue weighted by molar-refractivity contribution is -0.133. The SMILES string of the molecule is COc1cccc(C(C)(C)NC(=O)[C@H]2CC[C@H]3[C@@H]4CC=C5C=C(C(=O)O)CC[C@]5(C)[C@H]4CC[C@]23C)c1. The van der Waals surface area contributed by atoms with Gasteiger partial charge in [-0.15, -0.1) is 0 Å². The van der Waals surface area contributed by atoms with E-state index in [9.17, 15) is 14.7 Å². The Morgan fingerprint density at radius 1 is 1.11 bits per heavy atom. The van der Waals surface area contributed by atoms with Crippen molar-refractivity contribution in [2.45, 2.75) is 78.2 Å². The minimum atomic E-state index is -0.780. The van der Waals surface area contributed by atoms with Crippen molar-refractivity contribution >= 4 is 11.9 Å². The second-order valence-electron chi connectivity index (χ2n) is 12.7. The van der Waals surface area contributed by atoms with Gasteiger partial charge in [0.25, 0.3) is 0 Å². The highest BCUT2D eigenvalue weighted by atomic mass is 16.5. The van der Waals surface area contributed by atoms with E-state index in [4.69, 9.17) is 4.74 Å². The summed E-state index contributed by atoms with van der Waals surface area (Å²) in [5.41, 5.74) is 2.41. The molecule has 36 heavy (non-hydrogen) atoms. The zero-order valence-corrected chi connectivity index (χ0v) is 22.4. The van der Waals surface area contributed by atoms with Gasteiger partial charge in [-0.3, -0.25) is 4.79 Å². The molecular weight excluding hydrogens is 450 g/mol. The minimum absolute atomic E-state index is 0.00808. The summed E-state index contributed by atoms with van der Waals surface area (Å²) in [6.45, 7) is 8.88. The van der Waals surface area contributed by atoms with Crippen molar-refractivity contribution in [3.8, 4) is 5.75 Å². The fraction of sp³-hybridized carbons (Fsp3) is 0.613. The van der Waals surface area contributed by atoms with Crippen LogP contribution in [-0.4, -0.2) is 24.1 Å². The number of ether oxygens (including phenoxy) is 1. The van der Waals surface area contributed by atoms with Crippen LogP contribution >= 0.6 is 0 Å². The first-order valence-corrected chi connectivity index (χ1v) is 13.6. The van der Waals surface area contributed by atoms with Crippen molar-refractivity contribution in [3.63, 3.8) is 0 Å². The van der Waals surface area contributed by atoms with Gasteiger partial charge in [0.1, 0.15) is 5.75 Å². The maximum atomic E-state index is 13.8. The van der Waals surface area contributed by atoms with Crippen LogP contribution in [0.15, 0.2) is 47.6 Å². The van der Waals surface area contributed by atoms with E-state index in [0.717, 1.165) is 49.8 Å². The number of hydrogen-bond donors (Lipinski definition) is 2. The van der Waals surface area contributed by atoms with Gasteiger partial charge in [0.2, 0.25) is 5.91 Å². The van der Waals surface area contributed by atoms with E-state index in [2.05, 4.69) is 39.1 Å². The van der Waals surface area contributed by atoms with E-state index in [1.165, 1.54) is 5.57 Å². The second kappa shape index (κ2) is 8.78. The highest BCUT2D eigenvalue weighted by Gasteiger charge is 2.59. The molecule has 5 heteroatoms. The Kier molecular flexibility index (Phi) is 6.12. The lowest BCUT2D eigenvalue weighted by Gasteiger charge is -2.57. The number of carboxylic acid groups (broad SMARTS) is 1. The van der Waals surface area contributed by atoms with Crippen LogP contribution in [0.2, 0.25) is 0 Å². The summed E-state index contributed by atoms with van der Waals surface area (Å²) in [5.74, 6) is 1.89. The number of fused-ring (bicyclic) bond motifs is 5. The quantitative estimate of drug-likeness (QED) is 0.511. The third-order valence-electron chi connectivity index (χ3n) is 10.6. The van der Waals surface area contributed by atoms with Crippen molar-refractivity contribution < 1.29 is 19.4 Å². The Hall–Kier alpha value is -2.56. The van der Waals surface area contributed by atoms with E-state index in [1.54, 1.807) is 7.11 Å². The molecule has 0 aromatic heterocycles. The molecule has 0 unspecified atom stereocenters. The van der Waals surface area contributed by atoms with Gasteiger partial charge in [-0.25, -0.2) is 4.79 Å². The van der Waals surface area contributed by atoms with E-state index in [-0.39, 0.29) is 22.7 Å². The van der Waals surface area contributed by atoms with E-state index >= 15 is 0 Å². The highest BCUT2D eigenvalue weighted by Crippen LogP contribution is 2.66. The maximum Gasteiger partial charge on any atom is 0.331 e. The molecule has 0 spiro atoms. The zero-order chi connectivity index (χ0) is 25.9. The topological polar surface area (TPSA) is 75.6 Å². The van der Waals surface area contributed by atoms with Crippen molar-refractivity contribution in [3.05, 3.63) is 53.1 Å². The number of amides is 1. The molecule has 194 valence electrons. The Bertz CT molecular complexity index is 1130. The van der Waals surface area contributed by atoms with Crippen LogP contribution in [0.4, 0.5) is 0 Å². The molecule has 2 fully saturated rings. The molecule has 0 radical (unpaired) electrons. The second-order valence-corrected chi connectivity index (χ2v) is 12.7. The number of aliphatic carboxylic acids is 1. The number of carbonyl (C=O) groups is 2. The predicted octanol–water partition coefficient (Wildman–Crippen LogP) is 6.25. The van der Waals surface area contributed by atoms with Gasteiger partial charge in [-0.1, -0.05) is 32.1 Å².